The van der Waals surface area contributed by atoms with E-state index in [-0.39, 0.29) is 17.7 Å². The van der Waals surface area contributed by atoms with Gasteiger partial charge in [-0.3, -0.25) is 9.59 Å². The van der Waals surface area contributed by atoms with E-state index in [0.29, 0.717) is 54.4 Å². The van der Waals surface area contributed by atoms with Crippen molar-refractivity contribution in [2.45, 2.75) is 39.0 Å². The van der Waals surface area contributed by atoms with Crippen molar-refractivity contribution >= 4 is 29.1 Å². The number of nitrogens with zero attached hydrogens (tertiary/aromatic N) is 2. The third kappa shape index (κ3) is 7.74. The number of carbonyl (C=O) groups excluding carboxylic acids is 3. The Bertz CT molecular complexity index is 1740. The molecular formula is C39H41N3O5. The molecule has 0 spiro atoms. The van der Waals surface area contributed by atoms with Gasteiger partial charge in [-0.15, -0.1) is 0 Å². The summed E-state index contributed by atoms with van der Waals surface area (Å²) in [5.74, 6) is 3.53. The number of likely N-dealkylation sites (tertiary alicyclic amines) is 1. The molecule has 4 aromatic rings. The molecule has 8 nitrogen and oxygen atoms in total. The summed E-state index contributed by atoms with van der Waals surface area (Å²) in [5.41, 5.74) is 6.55. The highest BCUT2D eigenvalue weighted by molar-refractivity contribution is 6.06. The Hall–Kier alpha value is -5.33. The Kier molecular flexibility index (Phi) is 10.8. The first-order chi connectivity index (χ1) is 22.8. The normalized spacial score (nSPS) is 13.0. The Morgan fingerprint density at radius 1 is 0.830 bits per heavy atom. The molecule has 1 fully saturated rings. The molecule has 0 aromatic heterocycles. The summed E-state index contributed by atoms with van der Waals surface area (Å²) in [6.07, 6.45) is 2.10. The fraction of sp³-hybridized carbons (Fsp3) is 0.282. The highest BCUT2D eigenvalue weighted by Crippen LogP contribution is 2.36. The Morgan fingerprint density at radius 2 is 1.43 bits per heavy atom. The lowest BCUT2D eigenvalue weighted by molar-refractivity contribution is 0.0984. The van der Waals surface area contributed by atoms with Gasteiger partial charge in [-0.1, -0.05) is 30.3 Å². The molecule has 1 heterocycles. The Balaban J connectivity index is 1.24. The summed E-state index contributed by atoms with van der Waals surface area (Å²) in [6, 6.07) is 27.8. The minimum absolute atomic E-state index is 0.146. The number of amides is 2. The number of carbonyl (C=O) groups is 2. The summed E-state index contributed by atoms with van der Waals surface area (Å²) in [6.45, 7) is 5.81. The largest absolute Gasteiger partial charge is 0.497 e. The van der Waals surface area contributed by atoms with E-state index < -0.39 is 0 Å². The van der Waals surface area contributed by atoms with Gasteiger partial charge in [0.05, 0.1) is 14.2 Å². The standard InChI is InChI=1S/C39H41N3O5/c1-27-10-19-36(28(2)37(27)40-38(44)30-11-15-34(46-3)16-12-30)29-20-23-41(24-21-29)33(26-43)22-25-42(32-8-6-5-7-9-32)39(45)31-13-17-35(47-4)18-14-31/h5-19,29H,20-25H2,1-4H3,(H,40,44). The van der Waals surface area contributed by atoms with Gasteiger partial charge in [0.1, 0.15) is 23.1 Å². The highest BCUT2D eigenvalue weighted by atomic mass is 16.5. The highest BCUT2D eigenvalue weighted by Gasteiger charge is 2.26. The van der Waals surface area contributed by atoms with Crippen LogP contribution in [0.2, 0.25) is 0 Å². The van der Waals surface area contributed by atoms with Gasteiger partial charge in [0.25, 0.3) is 11.8 Å². The molecule has 1 saturated heterocycles. The van der Waals surface area contributed by atoms with Crippen molar-refractivity contribution in [2.24, 2.45) is 0 Å². The third-order valence-electron chi connectivity index (χ3n) is 8.96. The first-order valence-corrected chi connectivity index (χ1v) is 15.9. The molecule has 0 saturated carbocycles. The van der Waals surface area contributed by atoms with Gasteiger partial charge in [-0.05, 0) is 110 Å². The molecule has 0 radical (unpaired) electrons. The second-order valence-electron chi connectivity index (χ2n) is 11.7. The zero-order valence-electron chi connectivity index (χ0n) is 27.4. The van der Waals surface area contributed by atoms with Crippen molar-refractivity contribution in [3.8, 4) is 11.5 Å². The van der Waals surface area contributed by atoms with E-state index in [0.717, 1.165) is 35.3 Å². The van der Waals surface area contributed by atoms with Crippen LogP contribution < -0.4 is 19.7 Å². The molecule has 0 bridgehead atoms. The molecule has 5 rings (SSSR count). The number of rotatable bonds is 11. The van der Waals surface area contributed by atoms with E-state index in [1.54, 1.807) is 67.7 Å². The molecule has 0 atom stereocenters. The summed E-state index contributed by atoms with van der Waals surface area (Å²) in [4.78, 5) is 42.7. The van der Waals surface area contributed by atoms with Crippen molar-refractivity contribution < 1.29 is 23.9 Å². The van der Waals surface area contributed by atoms with E-state index >= 15 is 0 Å². The smallest absolute Gasteiger partial charge is 0.258 e. The topological polar surface area (TPSA) is 88.2 Å². The molecule has 4 aromatic carbocycles. The summed E-state index contributed by atoms with van der Waals surface area (Å²) >= 11 is 0. The fourth-order valence-electron chi connectivity index (χ4n) is 6.22. The van der Waals surface area contributed by atoms with Crippen molar-refractivity contribution in [1.29, 1.82) is 0 Å². The van der Waals surface area contributed by atoms with Crippen LogP contribution >= 0.6 is 0 Å². The van der Waals surface area contributed by atoms with E-state index in [1.165, 1.54) is 5.56 Å². The van der Waals surface area contributed by atoms with Gasteiger partial charge in [0.15, 0.2) is 0 Å². The summed E-state index contributed by atoms with van der Waals surface area (Å²) < 4.78 is 10.5. The SMILES string of the molecule is COc1ccc(C(=O)Nc2c(C)ccc(C3CCN(C(=C=O)CCN(C(=O)c4ccc(OC)cc4)c4ccccc4)CC3)c2C)cc1. The maximum absolute atomic E-state index is 13.6. The van der Waals surface area contributed by atoms with Crippen molar-refractivity contribution in [3.63, 3.8) is 0 Å². The number of para-hydroxylation sites is 1. The molecule has 47 heavy (non-hydrogen) atoms. The van der Waals surface area contributed by atoms with Gasteiger partial charge in [0, 0.05) is 48.6 Å². The van der Waals surface area contributed by atoms with Gasteiger partial charge in [-0.25, -0.2) is 4.79 Å². The van der Waals surface area contributed by atoms with Gasteiger partial charge in [0.2, 0.25) is 0 Å². The molecule has 242 valence electrons. The van der Waals surface area contributed by atoms with E-state index in [9.17, 15) is 14.4 Å². The van der Waals surface area contributed by atoms with Crippen molar-refractivity contribution in [2.75, 3.05) is 44.1 Å². The second kappa shape index (κ2) is 15.3. The molecular weight excluding hydrogens is 590 g/mol. The number of ether oxygens (including phenoxy) is 2. The summed E-state index contributed by atoms with van der Waals surface area (Å²) in [7, 11) is 3.19. The van der Waals surface area contributed by atoms with Crippen LogP contribution in [0, 0.1) is 13.8 Å². The monoisotopic (exact) mass is 631 g/mol. The summed E-state index contributed by atoms with van der Waals surface area (Å²) in [5, 5.41) is 3.13. The average Bonchev–Trinajstić information content (AvgIpc) is 3.12. The zero-order chi connectivity index (χ0) is 33.3. The van der Waals surface area contributed by atoms with Crippen LogP contribution in [0.5, 0.6) is 11.5 Å². The number of benzene rings is 4. The van der Waals surface area contributed by atoms with Crippen molar-refractivity contribution in [3.05, 3.63) is 125 Å². The third-order valence-corrected chi connectivity index (χ3v) is 8.96. The number of hydrogen-bond donors (Lipinski definition) is 1. The van der Waals surface area contributed by atoms with Gasteiger partial charge >= 0.3 is 0 Å². The molecule has 2 amide bonds. The predicted molar refractivity (Wildman–Crippen MR) is 185 cm³/mol. The Labute approximate surface area is 276 Å². The lowest BCUT2D eigenvalue weighted by Gasteiger charge is -2.35. The Morgan fingerprint density at radius 3 is 2.00 bits per heavy atom. The maximum Gasteiger partial charge on any atom is 0.258 e. The molecule has 1 N–H and O–H groups in total. The van der Waals surface area contributed by atoms with Crippen LogP contribution in [-0.2, 0) is 4.79 Å². The zero-order valence-corrected chi connectivity index (χ0v) is 27.4. The predicted octanol–water partition coefficient (Wildman–Crippen LogP) is 7.20. The van der Waals surface area contributed by atoms with E-state index in [1.807, 2.05) is 37.3 Å². The fourth-order valence-corrected chi connectivity index (χ4v) is 6.22. The number of piperidine rings is 1. The number of nitrogens with one attached hydrogen (secondary N) is 1. The van der Waals surface area contributed by atoms with Crippen LogP contribution in [0.25, 0.3) is 0 Å². The number of methoxy groups -OCH3 is 2. The van der Waals surface area contributed by atoms with Crippen molar-refractivity contribution in [1.82, 2.24) is 4.90 Å². The van der Waals surface area contributed by atoms with Gasteiger partial charge < -0.3 is 24.6 Å². The quantitative estimate of drug-likeness (QED) is 0.176. The minimum atomic E-state index is -0.165. The van der Waals surface area contributed by atoms with Crippen LogP contribution in [0.4, 0.5) is 11.4 Å². The lowest BCUT2D eigenvalue weighted by atomic mass is 9.85. The molecule has 0 aliphatic carbocycles. The first kappa shape index (κ1) is 33.0. The van der Waals surface area contributed by atoms with Crippen LogP contribution in [0.15, 0.2) is 96.7 Å². The van der Waals surface area contributed by atoms with Crippen LogP contribution in [-0.4, -0.2) is 56.5 Å². The molecule has 0 unspecified atom stereocenters. The second-order valence-corrected chi connectivity index (χ2v) is 11.7. The van der Waals surface area contributed by atoms with Crippen LogP contribution in [0.1, 0.15) is 62.6 Å². The van der Waals surface area contributed by atoms with E-state index in [4.69, 9.17) is 9.47 Å². The average molecular weight is 632 g/mol. The van der Waals surface area contributed by atoms with Gasteiger partial charge in [-0.2, -0.15) is 0 Å². The van der Waals surface area contributed by atoms with Crippen LogP contribution in [0.3, 0.4) is 0 Å². The first-order valence-electron chi connectivity index (χ1n) is 15.9. The minimum Gasteiger partial charge on any atom is -0.497 e. The molecule has 8 heteroatoms. The van der Waals surface area contributed by atoms with E-state index in [2.05, 4.69) is 35.2 Å². The number of anilines is 2. The maximum atomic E-state index is 13.6. The molecule has 1 aliphatic rings. The lowest BCUT2D eigenvalue weighted by Crippen LogP contribution is -2.36. The molecule has 1 aliphatic heterocycles. The number of aryl methyl sites for hydroxylation is 1. The number of hydrogen-bond acceptors (Lipinski definition) is 6.